The molecule has 6 aromatic heterocycles. The van der Waals surface area contributed by atoms with E-state index in [0.717, 1.165) is 78.7 Å². The number of fused-ring (bicyclic) bond motifs is 9. The number of rotatable bonds is 6. The van der Waals surface area contributed by atoms with Crippen LogP contribution in [0.15, 0.2) is 212 Å². The lowest BCUT2D eigenvalue weighted by Gasteiger charge is -2.12. The zero-order chi connectivity index (χ0) is 41.4. The minimum absolute atomic E-state index is 0.837. The monoisotopic (exact) mass is 821 g/mol. The summed E-state index contributed by atoms with van der Waals surface area (Å²) in [5.74, 6) is 0.893. The molecule has 294 valence electrons. The van der Waals surface area contributed by atoms with Crippen LogP contribution in [-0.4, -0.2) is 24.1 Å². The molecule has 7 aromatic carbocycles. The average molecular weight is 822 g/mol. The van der Waals surface area contributed by atoms with Crippen LogP contribution >= 0.6 is 11.3 Å². The highest BCUT2D eigenvalue weighted by Crippen LogP contribution is 2.42. The number of benzene rings is 7. The van der Waals surface area contributed by atoms with E-state index in [-0.39, 0.29) is 0 Å². The van der Waals surface area contributed by atoms with E-state index in [1.54, 1.807) is 0 Å². The van der Waals surface area contributed by atoms with Crippen LogP contribution in [0.5, 0.6) is 0 Å². The van der Waals surface area contributed by atoms with Crippen LogP contribution in [0, 0.1) is 0 Å². The van der Waals surface area contributed by atoms with Crippen molar-refractivity contribution < 1.29 is 0 Å². The first-order chi connectivity index (χ1) is 31.2. The molecule has 0 saturated carbocycles. The Morgan fingerprint density at radius 3 is 1.62 bits per heavy atom. The fourth-order valence-corrected chi connectivity index (χ4v) is 10.7. The van der Waals surface area contributed by atoms with Gasteiger partial charge >= 0.3 is 0 Å². The SMILES string of the molecule is c1ccc(-c2cccc(-c3cccc(-c4cccc(-n5c6ccccc6c6cc7c(cc65)c5ccccc5n7-c5cccc(-c6cccc7c6sc6ccccc67)n5)c4)n3)n2)cc1. The molecule has 0 atom stereocenters. The molecule has 0 aliphatic carbocycles. The normalized spacial score (nSPS) is 11.8. The largest absolute Gasteiger partial charge is 0.309 e. The van der Waals surface area contributed by atoms with Crippen molar-refractivity contribution in [1.29, 1.82) is 0 Å². The lowest BCUT2D eigenvalue weighted by Crippen LogP contribution is -1.98. The van der Waals surface area contributed by atoms with Gasteiger partial charge in [-0.05, 0) is 78.9 Å². The van der Waals surface area contributed by atoms with Gasteiger partial charge in [0.1, 0.15) is 5.82 Å². The fraction of sp³-hybridized carbons (Fsp3) is 0. The first-order valence-corrected chi connectivity index (χ1v) is 22.0. The van der Waals surface area contributed by atoms with Gasteiger partial charge in [-0.1, -0.05) is 133 Å². The molecule has 0 radical (unpaired) electrons. The van der Waals surface area contributed by atoms with E-state index < -0.39 is 0 Å². The van der Waals surface area contributed by atoms with Crippen molar-refractivity contribution in [3.63, 3.8) is 0 Å². The summed E-state index contributed by atoms with van der Waals surface area (Å²) in [6, 6.07) is 75.2. The number of hydrogen-bond donors (Lipinski definition) is 0. The molecule has 0 saturated heterocycles. The number of hydrogen-bond acceptors (Lipinski definition) is 4. The van der Waals surface area contributed by atoms with E-state index in [2.05, 4.69) is 185 Å². The van der Waals surface area contributed by atoms with Crippen LogP contribution < -0.4 is 0 Å². The maximum Gasteiger partial charge on any atom is 0.138 e. The minimum Gasteiger partial charge on any atom is -0.309 e. The van der Waals surface area contributed by atoms with Crippen molar-refractivity contribution in [1.82, 2.24) is 24.1 Å². The second-order valence-corrected chi connectivity index (χ2v) is 17.0. The van der Waals surface area contributed by atoms with Gasteiger partial charge in [-0.25, -0.2) is 15.0 Å². The predicted octanol–water partition coefficient (Wildman–Crippen LogP) is 15.1. The molecule has 13 rings (SSSR count). The lowest BCUT2D eigenvalue weighted by atomic mass is 10.1. The third kappa shape index (κ3) is 5.73. The molecule has 0 amide bonds. The molecule has 0 aliphatic rings. The van der Waals surface area contributed by atoms with Gasteiger partial charge in [0.15, 0.2) is 0 Å². The number of nitrogens with zero attached hydrogens (tertiary/aromatic N) is 5. The Morgan fingerprint density at radius 2 is 0.857 bits per heavy atom. The van der Waals surface area contributed by atoms with Gasteiger partial charge in [-0.15, -0.1) is 11.3 Å². The van der Waals surface area contributed by atoms with Crippen LogP contribution in [0.4, 0.5) is 0 Å². The van der Waals surface area contributed by atoms with E-state index in [4.69, 9.17) is 15.0 Å². The van der Waals surface area contributed by atoms with Crippen molar-refractivity contribution in [2.24, 2.45) is 0 Å². The van der Waals surface area contributed by atoms with E-state index in [1.807, 2.05) is 47.7 Å². The summed E-state index contributed by atoms with van der Waals surface area (Å²) < 4.78 is 7.30. The molecule has 0 bridgehead atoms. The van der Waals surface area contributed by atoms with E-state index in [9.17, 15) is 0 Å². The van der Waals surface area contributed by atoms with Gasteiger partial charge in [0.2, 0.25) is 0 Å². The van der Waals surface area contributed by atoms with Crippen molar-refractivity contribution >= 4 is 75.1 Å². The Labute approximate surface area is 366 Å². The summed E-state index contributed by atoms with van der Waals surface area (Å²) in [7, 11) is 0. The Bertz CT molecular complexity index is 3930. The summed E-state index contributed by atoms with van der Waals surface area (Å²) >= 11 is 1.84. The highest BCUT2D eigenvalue weighted by atomic mass is 32.1. The summed E-state index contributed by atoms with van der Waals surface area (Å²) in [4.78, 5) is 15.6. The van der Waals surface area contributed by atoms with Gasteiger partial charge in [-0.2, -0.15) is 0 Å². The van der Waals surface area contributed by atoms with Crippen molar-refractivity contribution in [3.8, 4) is 56.7 Å². The Morgan fingerprint density at radius 1 is 0.317 bits per heavy atom. The van der Waals surface area contributed by atoms with Crippen LogP contribution in [-0.2, 0) is 0 Å². The quantitative estimate of drug-likeness (QED) is 0.168. The van der Waals surface area contributed by atoms with Gasteiger partial charge in [0, 0.05) is 64.1 Å². The van der Waals surface area contributed by atoms with E-state index in [1.165, 1.54) is 41.7 Å². The highest BCUT2D eigenvalue weighted by Gasteiger charge is 2.20. The van der Waals surface area contributed by atoms with Crippen LogP contribution in [0.3, 0.4) is 0 Å². The zero-order valence-electron chi connectivity index (χ0n) is 33.9. The lowest BCUT2D eigenvalue weighted by molar-refractivity contribution is 1.08. The topological polar surface area (TPSA) is 48.5 Å². The standard InChI is InChI=1S/C57H35N5S/c1-2-15-36(16-3-1)46-24-12-27-49(58-46)50-28-13-25-47(59-50)37-17-10-18-38(33-37)61-51-29-7-4-19-39(51)44-35-54-45(34-53(44)61)40-20-5-8-30-52(40)62(54)56-32-14-26-48(60-56)43-23-11-22-42-41-21-6-9-31-55(41)63-57(42)43/h1-35H. The molecule has 63 heavy (non-hydrogen) atoms. The van der Waals surface area contributed by atoms with Crippen molar-refractivity contribution in [2.45, 2.75) is 0 Å². The third-order valence-electron chi connectivity index (χ3n) is 12.3. The molecule has 13 aromatic rings. The molecule has 0 spiro atoms. The third-order valence-corrected chi connectivity index (χ3v) is 13.6. The summed E-state index contributed by atoms with van der Waals surface area (Å²) in [6.45, 7) is 0. The van der Waals surface area contributed by atoms with Gasteiger partial charge in [0.25, 0.3) is 0 Å². The van der Waals surface area contributed by atoms with E-state index in [0.29, 0.717) is 0 Å². The van der Waals surface area contributed by atoms with Crippen LogP contribution in [0.1, 0.15) is 0 Å². The molecule has 0 unspecified atom stereocenters. The number of pyridine rings is 3. The maximum absolute atomic E-state index is 5.44. The Balaban J connectivity index is 0.957. The molecule has 6 heterocycles. The number of thiophene rings is 1. The Kier molecular flexibility index (Phi) is 8.01. The summed E-state index contributed by atoms with van der Waals surface area (Å²) in [6.07, 6.45) is 0. The van der Waals surface area contributed by atoms with Gasteiger partial charge in [0.05, 0.1) is 50.5 Å². The molecular formula is C57H35N5S. The molecule has 5 nitrogen and oxygen atoms in total. The molecule has 0 N–H and O–H groups in total. The van der Waals surface area contributed by atoms with Crippen molar-refractivity contribution in [3.05, 3.63) is 212 Å². The number of aromatic nitrogens is 5. The fourth-order valence-electron chi connectivity index (χ4n) is 9.49. The highest BCUT2D eigenvalue weighted by molar-refractivity contribution is 7.26. The van der Waals surface area contributed by atoms with E-state index >= 15 is 0 Å². The Hall–Kier alpha value is -8.19. The molecule has 6 heteroatoms. The van der Waals surface area contributed by atoms with Crippen molar-refractivity contribution in [2.75, 3.05) is 0 Å². The second-order valence-electron chi connectivity index (χ2n) is 16.0. The predicted molar refractivity (Wildman–Crippen MR) is 263 cm³/mol. The molecular weight excluding hydrogens is 787 g/mol. The molecule has 0 fully saturated rings. The average Bonchev–Trinajstić information content (AvgIpc) is 4.01. The molecule has 0 aliphatic heterocycles. The van der Waals surface area contributed by atoms with Gasteiger partial charge < -0.3 is 4.57 Å². The first-order valence-electron chi connectivity index (χ1n) is 21.2. The maximum atomic E-state index is 5.44. The van der Waals surface area contributed by atoms with Crippen LogP contribution in [0.2, 0.25) is 0 Å². The minimum atomic E-state index is 0.837. The van der Waals surface area contributed by atoms with Crippen LogP contribution in [0.25, 0.3) is 120 Å². The zero-order valence-corrected chi connectivity index (χ0v) is 34.7. The van der Waals surface area contributed by atoms with Gasteiger partial charge in [-0.3, -0.25) is 4.57 Å². The number of para-hydroxylation sites is 2. The first kappa shape index (κ1) is 35.6. The summed E-state index contributed by atoms with van der Waals surface area (Å²) in [5, 5.41) is 7.30. The second kappa shape index (κ2) is 14.2. The smallest absolute Gasteiger partial charge is 0.138 e. The summed E-state index contributed by atoms with van der Waals surface area (Å²) in [5.41, 5.74) is 13.3.